The van der Waals surface area contributed by atoms with Crippen LogP contribution < -0.4 is 5.32 Å². The highest BCUT2D eigenvalue weighted by atomic mass is 15.2. The molecule has 0 unspecified atom stereocenters. The van der Waals surface area contributed by atoms with Gasteiger partial charge in [0.1, 0.15) is 0 Å². The van der Waals surface area contributed by atoms with Gasteiger partial charge in [0.05, 0.1) is 0 Å². The summed E-state index contributed by atoms with van der Waals surface area (Å²) in [4.78, 5) is 2.21. The highest BCUT2D eigenvalue weighted by Gasteiger charge is 2.17. The molecule has 0 radical (unpaired) electrons. The molecule has 0 fully saturated rings. The summed E-state index contributed by atoms with van der Waals surface area (Å²) >= 11 is 0. The Morgan fingerprint density at radius 3 is 1.89 bits per heavy atom. The normalized spacial score (nSPS) is 12.7. The Labute approximate surface area is 58.2 Å². The lowest BCUT2D eigenvalue weighted by atomic mass is 10.1. The molecule has 9 heavy (non-hydrogen) atoms. The van der Waals surface area contributed by atoms with Crippen LogP contribution in [-0.2, 0) is 0 Å². The zero-order valence-corrected chi connectivity index (χ0v) is 7.15. The fourth-order valence-corrected chi connectivity index (χ4v) is 0.591. The smallest absolute Gasteiger partial charge is 0.0271 e. The fourth-order valence-electron chi connectivity index (χ4n) is 0.591. The lowest BCUT2D eigenvalue weighted by Gasteiger charge is -2.32. The summed E-state index contributed by atoms with van der Waals surface area (Å²) in [6.45, 7) is 5.45. The molecule has 0 aromatic carbocycles. The molecule has 0 aromatic rings. The molecule has 0 saturated heterocycles. The number of nitrogens with one attached hydrogen (secondary N) is 1. The predicted molar refractivity (Wildman–Crippen MR) is 41.7 cm³/mol. The average molecular weight is 130 g/mol. The van der Waals surface area contributed by atoms with Gasteiger partial charge >= 0.3 is 0 Å². The van der Waals surface area contributed by atoms with Crippen LogP contribution in [0, 0.1) is 0 Å². The predicted octanol–water partition coefficient (Wildman–Crippen LogP) is 0.546. The number of rotatable bonds is 3. The molecule has 0 spiro atoms. The third-order valence-electron chi connectivity index (χ3n) is 1.82. The molecule has 1 N–H and O–H groups in total. The second-order valence-electron chi connectivity index (χ2n) is 3.24. The molecule has 56 valence electrons. The maximum absolute atomic E-state index is 3.15. The summed E-state index contributed by atoms with van der Waals surface area (Å²) in [7, 11) is 6.17. The SMILES string of the molecule is CNCC(C)(C)N(C)C. The second kappa shape index (κ2) is 3.18. The Balaban J connectivity index is 3.70. The van der Waals surface area contributed by atoms with Gasteiger partial charge in [0.15, 0.2) is 0 Å². The zero-order chi connectivity index (χ0) is 7.49. The fraction of sp³-hybridized carbons (Fsp3) is 1.00. The highest BCUT2D eigenvalue weighted by Crippen LogP contribution is 2.06. The maximum Gasteiger partial charge on any atom is 0.0271 e. The van der Waals surface area contributed by atoms with Gasteiger partial charge in [-0.1, -0.05) is 0 Å². The molecule has 0 atom stereocenters. The van der Waals surface area contributed by atoms with Crippen LogP contribution in [-0.4, -0.2) is 38.1 Å². The van der Waals surface area contributed by atoms with E-state index in [2.05, 4.69) is 38.2 Å². The van der Waals surface area contributed by atoms with E-state index in [0.717, 1.165) is 6.54 Å². The Morgan fingerprint density at radius 2 is 1.78 bits per heavy atom. The van der Waals surface area contributed by atoms with Gasteiger partial charge in [0.2, 0.25) is 0 Å². The summed E-state index contributed by atoms with van der Waals surface area (Å²) in [5.74, 6) is 0. The monoisotopic (exact) mass is 130 g/mol. The molecule has 0 aliphatic heterocycles. The molecule has 0 amide bonds. The molecule has 0 saturated carbocycles. The minimum absolute atomic E-state index is 0.273. The van der Waals surface area contributed by atoms with Crippen molar-refractivity contribution in [3.63, 3.8) is 0 Å². The van der Waals surface area contributed by atoms with E-state index in [1.165, 1.54) is 0 Å². The molecule has 0 aliphatic carbocycles. The first kappa shape index (κ1) is 8.92. The van der Waals surface area contributed by atoms with Crippen LogP contribution >= 0.6 is 0 Å². The van der Waals surface area contributed by atoms with Crippen LogP contribution in [0.15, 0.2) is 0 Å². The van der Waals surface area contributed by atoms with Crippen molar-refractivity contribution < 1.29 is 0 Å². The molecule has 0 aliphatic rings. The van der Waals surface area contributed by atoms with E-state index < -0.39 is 0 Å². The minimum atomic E-state index is 0.273. The van der Waals surface area contributed by atoms with E-state index >= 15 is 0 Å². The van der Waals surface area contributed by atoms with E-state index in [0.29, 0.717) is 0 Å². The van der Waals surface area contributed by atoms with Crippen molar-refractivity contribution in [3.8, 4) is 0 Å². The lowest BCUT2D eigenvalue weighted by molar-refractivity contribution is 0.194. The van der Waals surface area contributed by atoms with Crippen molar-refractivity contribution in [1.29, 1.82) is 0 Å². The van der Waals surface area contributed by atoms with Gasteiger partial charge in [-0.2, -0.15) is 0 Å². The Morgan fingerprint density at radius 1 is 1.33 bits per heavy atom. The van der Waals surface area contributed by atoms with Crippen molar-refractivity contribution in [2.75, 3.05) is 27.7 Å². The largest absolute Gasteiger partial charge is 0.318 e. The van der Waals surface area contributed by atoms with Crippen LogP contribution in [0.5, 0.6) is 0 Å². The summed E-state index contributed by atoms with van der Waals surface area (Å²) in [5.41, 5.74) is 0.273. The molecule has 0 bridgehead atoms. The quantitative estimate of drug-likeness (QED) is 0.600. The summed E-state index contributed by atoms with van der Waals surface area (Å²) in [6, 6.07) is 0. The lowest BCUT2D eigenvalue weighted by Crippen LogP contribution is -2.45. The third-order valence-corrected chi connectivity index (χ3v) is 1.82. The second-order valence-corrected chi connectivity index (χ2v) is 3.24. The van der Waals surface area contributed by atoms with Crippen LogP contribution in [0.4, 0.5) is 0 Å². The average Bonchev–Trinajstić information content (AvgIpc) is 1.65. The van der Waals surface area contributed by atoms with E-state index in [1.54, 1.807) is 0 Å². The molecule has 0 aromatic heterocycles. The van der Waals surface area contributed by atoms with Gasteiger partial charge in [0.25, 0.3) is 0 Å². The van der Waals surface area contributed by atoms with Gasteiger partial charge < -0.3 is 10.2 Å². The first-order chi connectivity index (χ1) is 4.00. The Hall–Kier alpha value is -0.0800. The van der Waals surface area contributed by atoms with Crippen LogP contribution in [0.1, 0.15) is 13.8 Å². The minimum Gasteiger partial charge on any atom is -0.318 e. The number of hydrogen-bond acceptors (Lipinski definition) is 2. The van der Waals surface area contributed by atoms with Crippen molar-refractivity contribution in [3.05, 3.63) is 0 Å². The molecular weight excluding hydrogens is 112 g/mol. The zero-order valence-electron chi connectivity index (χ0n) is 7.15. The molecule has 2 heteroatoms. The number of hydrogen-bond donors (Lipinski definition) is 1. The summed E-state index contributed by atoms with van der Waals surface area (Å²) in [6.07, 6.45) is 0. The van der Waals surface area contributed by atoms with Gasteiger partial charge in [-0.05, 0) is 35.0 Å². The van der Waals surface area contributed by atoms with E-state index in [1.807, 2.05) is 7.05 Å². The van der Waals surface area contributed by atoms with E-state index in [4.69, 9.17) is 0 Å². The van der Waals surface area contributed by atoms with Gasteiger partial charge in [-0.25, -0.2) is 0 Å². The first-order valence-electron chi connectivity index (χ1n) is 3.33. The maximum atomic E-state index is 3.15. The number of nitrogens with zero attached hydrogens (tertiary/aromatic N) is 1. The first-order valence-corrected chi connectivity index (χ1v) is 3.33. The van der Waals surface area contributed by atoms with Gasteiger partial charge in [-0.15, -0.1) is 0 Å². The summed E-state index contributed by atoms with van der Waals surface area (Å²) in [5, 5.41) is 3.15. The summed E-state index contributed by atoms with van der Waals surface area (Å²) < 4.78 is 0. The van der Waals surface area contributed by atoms with Gasteiger partial charge in [-0.3, -0.25) is 0 Å². The van der Waals surface area contributed by atoms with Crippen molar-refractivity contribution in [2.24, 2.45) is 0 Å². The van der Waals surface area contributed by atoms with Gasteiger partial charge in [0, 0.05) is 12.1 Å². The third kappa shape index (κ3) is 2.82. The van der Waals surface area contributed by atoms with Crippen molar-refractivity contribution >= 4 is 0 Å². The van der Waals surface area contributed by atoms with Crippen LogP contribution in [0.2, 0.25) is 0 Å². The topological polar surface area (TPSA) is 15.3 Å². The standard InChI is InChI=1S/C7H18N2/c1-7(2,6-8-3)9(4)5/h8H,6H2,1-5H3. The highest BCUT2D eigenvalue weighted by molar-refractivity contribution is 4.78. The van der Waals surface area contributed by atoms with Crippen LogP contribution in [0.25, 0.3) is 0 Å². The molecule has 0 heterocycles. The molecule has 0 rings (SSSR count). The van der Waals surface area contributed by atoms with Crippen LogP contribution in [0.3, 0.4) is 0 Å². The van der Waals surface area contributed by atoms with Crippen molar-refractivity contribution in [2.45, 2.75) is 19.4 Å². The van der Waals surface area contributed by atoms with Crippen molar-refractivity contribution in [1.82, 2.24) is 10.2 Å². The Bertz CT molecular complexity index is 77.0. The van der Waals surface area contributed by atoms with E-state index in [-0.39, 0.29) is 5.54 Å². The Kier molecular flexibility index (Phi) is 3.15. The molecular formula is C7H18N2. The molecule has 2 nitrogen and oxygen atoms in total. The number of likely N-dealkylation sites (N-methyl/N-ethyl adjacent to an activating group) is 2. The van der Waals surface area contributed by atoms with E-state index in [9.17, 15) is 0 Å².